The van der Waals surface area contributed by atoms with Gasteiger partial charge < -0.3 is 5.11 Å². The summed E-state index contributed by atoms with van der Waals surface area (Å²) in [4.78, 5) is 0.851. The normalized spacial score (nSPS) is 10.4. The largest absolute Gasteiger partial charge is 0.392 e. The quantitative estimate of drug-likeness (QED) is 0.754. The molecule has 1 aromatic carbocycles. The Morgan fingerprint density at radius 1 is 1.46 bits per heavy atom. The first-order valence-corrected chi connectivity index (χ1v) is 5.29. The second-order valence-corrected chi connectivity index (χ2v) is 3.86. The molecule has 0 aromatic heterocycles. The fourth-order valence-electron chi connectivity index (χ4n) is 1.04. The molecule has 0 aliphatic heterocycles. The van der Waals surface area contributed by atoms with Gasteiger partial charge in [0.25, 0.3) is 0 Å². The first kappa shape index (κ1) is 10.5. The molecule has 0 aliphatic rings. The van der Waals surface area contributed by atoms with Crippen LogP contribution in [0.1, 0.15) is 18.9 Å². The van der Waals surface area contributed by atoms with Crippen LogP contribution in [-0.4, -0.2) is 10.9 Å². The molecule has 1 nitrogen and oxygen atoms in total. The van der Waals surface area contributed by atoms with Crippen molar-refractivity contribution in [1.29, 1.82) is 0 Å². The SMILES string of the molecule is CCCSc1cccc(F)c1CO. The summed E-state index contributed by atoms with van der Waals surface area (Å²) in [6.45, 7) is 1.85. The molecule has 72 valence electrons. The third kappa shape index (κ3) is 2.71. The summed E-state index contributed by atoms with van der Waals surface area (Å²) in [6, 6.07) is 4.89. The molecule has 0 radical (unpaired) electrons. The van der Waals surface area contributed by atoms with E-state index in [-0.39, 0.29) is 12.4 Å². The first-order chi connectivity index (χ1) is 6.29. The number of halogens is 1. The van der Waals surface area contributed by atoms with Gasteiger partial charge in [0.1, 0.15) is 5.82 Å². The lowest BCUT2D eigenvalue weighted by Gasteiger charge is -2.06. The van der Waals surface area contributed by atoms with Crippen LogP contribution in [0.3, 0.4) is 0 Å². The van der Waals surface area contributed by atoms with Gasteiger partial charge in [-0.2, -0.15) is 0 Å². The van der Waals surface area contributed by atoms with E-state index in [4.69, 9.17) is 5.11 Å². The maximum absolute atomic E-state index is 13.1. The fourth-order valence-corrected chi connectivity index (χ4v) is 1.97. The van der Waals surface area contributed by atoms with E-state index in [0.717, 1.165) is 17.1 Å². The van der Waals surface area contributed by atoms with Gasteiger partial charge in [-0.1, -0.05) is 13.0 Å². The van der Waals surface area contributed by atoms with Gasteiger partial charge in [0.15, 0.2) is 0 Å². The Hall–Kier alpha value is -0.540. The first-order valence-electron chi connectivity index (χ1n) is 4.30. The lowest BCUT2D eigenvalue weighted by molar-refractivity contribution is 0.272. The van der Waals surface area contributed by atoms with Crippen LogP contribution in [0.2, 0.25) is 0 Å². The van der Waals surface area contributed by atoms with Crippen LogP contribution < -0.4 is 0 Å². The van der Waals surface area contributed by atoms with Crippen LogP contribution >= 0.6 is 11.8 Å². The standard InChI is InChI=1S/C10H13FOS/c1-2-6-13-10-5-3-4-9(11)8(10)7-12/h3-5,12H,2,6-7H2,1H3. The molecule has 0 bridgehead atoms. The lowest BCUT2D eigenvalue weighted by atomic mass is 10.2. The van der Waals surface area contributed by atoms with Gasteiger partial charge in [-0.25, -0.2) is 4.39 Å². The zero-order valence-corrected chi connectivity index (χ0v) is 8.40. The molecule has 1 N–H and O–H groups in total. The van der Waals surface area contributed by atoms with Crippen molar-refractivity contribution in [3.8, 4) is 0 Å². The average molecular weight is 200 g/mol. The minimum Gasteiger partial charge on any atom is -0.392 e. The molecular weight excluding hydrogens is 187 g/mol. The Morgan fingerprint density at radius 3 is 2.85 bits per heavy atom. The molecule has 1 rings (SSSR count). The minimum absolute atomic E-state index is 0.223. The summed E-state index contributed by atoms with van der Waals surface area (Å²) in [5.41, 5.74) is 0.418. The Labute approximate surface area is 82.0 Å². The second-order valence-electron chi connectivity index (χ2n) is 2.72. The number of thioether (sulfide) groups is 1. The van der Waals surface area contributed by atoms with Crippen LogP contribution in [0.15, 0.2) is 23.1 Å². The van der Waals surface area contributed by atoms with Crippen LogP contribution in [0.25, 0.3) is 0 Å². The molecule has 0 atom stereocenters. The van der Waals surface area contributed by atoms with Gasteiger partial charge >= 0.3 is 0 Å². The molecule has 0 aliphatic carbocycles. The average Bonchev–Trinajstić information content (AvgIpc) is 2.15. The van der Waals surface area contributed by atoms with E-state index in [9.17, 15) is 4.39 Å². The molecule has 0 heterocycles. The highest BCUT2D eigenvalue weighted by molar-refractivity contribution is 7.99. The maximum atomic E-state index is 13.1. The van der Waals surface area contributed by atoms with Crippen molar-refractivity contribution in [2.75, 3.05) is 5.75 Å². The molecule has 0 spiro atoms. The lowest BCUT2D eigenvalue weighted by Crippen LogP contribution is -1.93. The van der Waals surface area contributed by atoms with Crippen molar-refractivity contribution in [2.45, 2.75) is 24.8 Å². The number of hydrogen-bond donors (Lipinski definition) is 1. The number of benzene rings is 1. The van der Waals surface area contributed by atoms with Gasteiger partial charge in [-0.15, -0.1) is 11.8 Å². The predicted molar refractivity (Wildman–Crippen MR) is 53.3 cm³/mol. The zero-order chi connectivity index (χ0) is 9.68. The van der Waals surface area contributed by atoms with Crippen molar-refractivity contribution < 1.29 is 9.50 Å². The van der Waals surface area contributed by atoms with Gasteiger partial charge in [0.05, 0.1) is 6.61 Å². The van der Waals surface area contributed by atoms with Gasteiger partial charge in [0.2, 0.25) is 0 Å². The highest BCUT2D eigenvalue weighted by atomic mass is 32.2. The summed E-state index contributed by atoms with van der Waals surface area (Å²) in [6.07, 6.45) is 1.05. The van der Waals surface area contributed by atoms with E-state index < -0.39 is 0 Å². The molecule has 0 amide bonds. The zero-order valence-electron chi connectivity index (χ0n) is 7.59. The monoisotopic (exact) mass is 200 g/mol. The molecule has 0 saturated heterocycles. The van der Waals surface area contributed by atoms with Crippen molar-refractivity contribution in [2.24, 2.45) is 0 Å². The topological polar surface area (TPSA) is 20.2 Å². The summed E-state index contributed by atoms with van der Waals surface area (Å²) in [5, 5.41) is 8.95. The number of aliphatic hydroxyl groups is 1. The Kier molecular flexibility index (Phi) is 4.25. The Bertz CT molecular complexity index is 276. The van der Waals surface area contributed by atoms with Crippen LogP contribution in [0.5, 0.6) is 0 Å². The molecule has 0 fully saturated rings. The number of hydrogen-bond acceptors (Lipinski definition) is 2. The van der Waals surface area contributed by atoms with E-state index >= 15 is 0 Å². The van der Waals surface area contributed by atoms with E-state index in [1.54, 1.807) is 17.8 Å². The summed E-state index contributed by atoms with van der Waals surface area (Å²) < 4.78 is 13.1. The summed E-state index contributed by atoms with van der Waals surface area (Å²) in [7, 11) is 0. The van der Waals surface area contributed by atoms with E-state index in [2.05, 4.69) is 6.92 Å². The summed E-state index contributed by atoms with van der Waals surface area (Å²) in [5.74, 6) is 0.639. The number of aliphatic hydroxyl groups excluding tert-OH is 1. The van der Waals surface area contributed by atoms with Crippen LogP contribution in [-0.2, 0) is 6.61 Å². The van der Waals surface area contributed by atoms with Crippen LogP contribution in [0, 0.1) is 5.82 Å². The minimum atomic E-state index is -0.316. The van der Waals surface area contributed by atoms with Gasteiger partial charge in [-0.05, 0) is 24.3 Å². The third-order valence-electron chi connectivity index (χ3n) is 1.70. The van der Waals surface area contributed by atoms with Gasteiger partial charge in [-0.3, -0.25) is 0 Å². The smallest absolute Gasteiger partial charge is 0.129 e. The maximum Gasteiger partial charge on any atom is 0.129 e. The summed E-state index contributed by atoms with van der Waals surface area (Å²) >= 11 is 1.59. The number of rotatable bonds is 4. The molecule has 1 aromatic rings. The molecular formula is C10H13FOS. The van der Waals surface area contributed by atoms with Crippen LogP contribution in [0.4, 0.5) is 4.39 Å². The third-order valence-corrected chi connectivity index (χ3v) is 3.00. The van der Waals surface area contributed by atoms with Crippen molar-refractivity contribution in [3.63, 3.8) is 0 Å². The molecule has 3 heteroatoms. The molecule has 0 unspecified atom stereocenters. The molecule has 13 heavy (non-hydrogen) atoms. The van der Waals surface area contributed by atoms with E-state index in [1.807, 2.05) is 6.07 Å². The van der Waals surface area contributed by atoms with E-state index in [0.29, 0.717) is 5.56 Å². The fraction of sp³-hybridized carbons (Fsp3) is 0.400. The Balaban J connectivity index is 2.85. The molecule has 0 saturated carbocycles. The van der Waals surface area contributed by atoms with Gasteiger partial charge in [0, 0.05) is 10.5 Å². The van der Waals surface area contributed by atoms with E-state index in [1.165, 1.54) is 6.07 Å². The predicted octanol–water partition coefficient (Wildman–Crippen LogP) is 2.82. The Morgan fingerprint density at radius 2 is 2.23 bits per heavy atom. The second kappa shape index (κ2) is 5.25. The van der Waals surface area contributed by atoms with Crippen molar-refractivity contribution in [3.05, 3.63) is 29.6 Å². The highest BCUT2D eigenvalue weighted by Gasteiger charge is 2.06. The van der Waals surface area contributed by atoms with Crippen molar-refractivity contribution in [1.82, 2.24) is 0 Å². The van der Waals surface area contributed by atoms with Crippen molar-refractivity contribution >= 4 is 11.8 Å². The highest BCUT2D eigenvalue weighted by Crippen LogP contribution is 2.25.